The zero-order valence-corrected chi connectivity index (χ0v) is 10.6. The molecule has 100 valence electrons. The molecule has 1 aromatic carbocycles. The third-order valence-electron chi connectivity index (χ3n) is 3.57. The van der Waals surface area contributed by atoms with Crippen molar-refractivity contribution < 1.29 is 18.3 Å². The molecule has 18 heavy (non-hydrogen) atoms. The molecule has 1 aliphatic carbocycles. The van der Waals surface area contributed by atoms with Crippen LogP contribution in [0.2, 0.25) is 0 Å². The molecule has 1 aromatic rings. The van der Waals surface area contributed by atoms with Crippen molar-refractivity contribution in [3.8, 4) is 11.5 Å². The maximum atomic E-state index is 13.6. The number of hydrogen-bond donors (Lipinski definition) is 1. The molecule has 0 heterocycles. The highest BCUT2D eigenvalue weighted by molar-refractivity contribution is 5.51. The lowest BCUT2D eigenvalue weighted by Crippen LogP contribution is -2.34. The van der Waals surface area contributed by atoms with Gasteiger partial charge in [-0.1, -0.05) is 12.8 Å². The second-order valence-corrected chi connectivity index (χ2v) is 4.65. The molecule has 0 aliphatic heterocycles. The first-order valence-corrected chi connectivity index (χ1v) is 5.93. The molecular formula is C13H17F2NO2. The van der Waals surface area contributed by atoms with Gasteiger partial charge in [0.25, 0.3) is 0 Å². The molecule has 0 unspecified atom stereocenters. The van der Waals surface area contributed by atoms with Crippen LogP contribution in [-0.4, -0.2) is 14.2 Å². The average molecular weight is 257 g/mol. The maximum Gasteiger partial charge on any atom is 0.204 e. The predicted molar refractivity (Wildman–Crippen MR) is 63.8 cm³/mol. The first kappa shape index (κ1) is 13.1. The topological polar surface area (TPSA) is 44.5 Å². The second-order valence-electron chi connectivity index (χ2n) is 4.65. The van der Waals surface area contributed by atoms with E-state index >= 15 is 0 Å². The third kappa shape index (κ3) is 1.92. The number of rotatable bonds is 3. The fourth-order valence-corrected chi connectivity index (χ4v) is 2.62. The third-order valence-corrected chi connectivity index (χ3v) is 3.57. The molecule has 3 nitrogen and oxygen atoms in total. The Morgan fingerprint density at radius 3 is 2.17 bits per heavy atom. The van der Waals surface area contributed by atoms with E-state index in [1.165, 1.54) is 14.2 Å². The van der Waals surface area contributed by atoms with E-state index in [4.69, 9.17) is 15.2 Å². The van der Waals surface area contributed by atoms with Gasteiger partial charge in [-0.25, -0.2) is 4.39 Å². The molecule has 1 saturated carbocycles. The van der Waals surface area contributed by atoms with E-state index in [9.17, 15) is 8.78 Å². The summed E-state index contributed by atoms with van der Waals surface area (Å²) in [5.41, 5.74) is 6.10. The fourth-order valence-electron chi connectivity index (χ4n) is 2.62. The summed E-state index contributed by atoms with van der Waals surface area (Å²) in [5.74, 6) is -2.02. The Hall–Kier alpha value is -1.36. The van der Waals surface area contributed by atoms with Gasteiger partial charge in [-0.3, -0.25) is 0 Å². The zero-order valence-electron chi connectivity index (χ0n) is 10.6. The Kier molecular flexibility index (Phi) is 3.43. The first-order chi connectivity index (χ1) is 8.53. The summed E-state index contributed by atoms with van der Waals surface area (Å²) in [4.78, 5) is 0. The van der Waals surface area contributed by atoms with E-state index < -0.39 is 17.2 Å². The monoisotopic (exact) mass is 257 g/mol. The Balaban J connectivity index is 2.63. The van der Waals surface area contributed by atoms with E-state index in [0.717, 1.165) is 31.7 Å². The van der Waals surface area contributed by atoms with E-state index in [1.807, 2.05) is 0 Å². The number of methoxy groups -OCH3 is 2. The number of ether oxygens (including phenoxy) is 2. The fraction of sp³-hybridized carbons (Fsp3) is 0.538. The SMILES string of the molecule is COc1c(C2(N)CCCC2)cc(F)c(F)c1OC. The van der Waals surface area contributed by atoms with E-state index in [-0.39, 0.29) is 11.5 Å². The Morgan fingerprint density at radius 2 is 1.67 bits per heavy atom. The molecule has 0 aromatic heterocycles. The van der Waals surface area contributed by atoms with Gasteiger partial charge < -0.3 is 15.2 Å². The van der Waals surface area contributed by atoms with E-state index in [1.54, 1.807) is 0 Å². The van der Waals surface area contributed by atoms with Gasteiger partial charge in [-0.2, -0.15) is 4.39 Å². The van der Waals surface area contributed by atoms with Crippen LogP contribution in [0.15, 0.2) is 6.07 Å². The number of benzene rings is 1. The molecular weight excluding hydrogens is 240 g/mol. The number of halogens is 2. The molecule has 0 radical (unpaired) electrons. The van der Waals surface area contributed by atoms with Crippen LogP contribution in [0.4, 0.5) is 8.78 Å². The largest absolute Gasteiger partial charge is 0.492 e. The molecule has 0 bridgehead atoms. The van der Waals surface area contributed by atoms with E-state index in [2.05, 4.69) is 0 Å². The molecule has 2 rings (SSSR count). The lowest BCUT2D eigenvalue weighted by molar-refractivity contribution is 0.314. The van der Waals surface area contributed by atoms with Gasteiger partial charge in [-0.15, -0.1) is 0 Å². The van der Waals surface area contributed by atoms with Gasteiger partial charge in [0, 0.05) is 11.1 Å². The summed E-state index contributed by atoms with van der Waals surface area (Å²) < 4.78 is 37.3. The van der Waals surface area contributed by atoms with Crippen LogP contribution in [-0.2, 0) is 5.54 Å². The average Bonchev–Trinajstić information content (AvgIpc) is 2.80. The maximum absolute atomic E-state index is 13.6. The summed E-state index contributed by atoms with van der Waals surface area (Å²) in [6, 6.07) is 1.13. The van der Waals surface area contributed by atoms with Crippen molar-refractivity contribution in [2.24, 2.45) is 5.73 Å². The standard InChI is InChI=1S/C13H17F2NO2/c1-17-11-8(13(16)5-3-4-6-13)7-9(14)10(15)12(11)18-2/h7H,3-6,16H2,1-2H3. The highest BCUT2D eigenvalue weighted by atomic mass is 19.2. The molecule has 0 spiro atoms. The zero-order chi connectivity index (χ0) is 13.3. The second kappa shape index (κ2) is 4.72. The summed E-state index contributed by atoms with van der Waals surface area (Å²) in [6.07, 6.45) is 3.41. The first-order valence-electron chi connectivity index (χ1n) is 5.93. The molecule has 1 aliphatic rings. The van der Waals surface area contributed by atoms with Crippen molar-refractivity contribution in [2.75, 3.05) is 14.2 Å². The van der Waals surface area contributed by atoms with Gasteiger partial charge in [0.1, 0.15) is 0 Å². The van der Waals surface area contributed by atoms with Crippen molar-refractivity contribution >= 4 is 0 Å². The highest BCUT2D eigenvalue weighted by Crippen LogP contribution is 2.45. The molecule has 1 fully saturated rings. The summed E-state index contributed by atoms with van der Waals surface area (Å²) in [7, 11) is 2.68. The summed E-state index contributed by atoms with van der Waals surface area (Å²) in [5, 5.41) is 0. The quantitative estimate of drug-likeness (QED) is 0.905. The lowest BCUT2D eigenvalue weighted by Gasteiger charge is -2.27. The Labute approximate surface area is 105 Å². The van der Waals surface area contributed by atoms with Gasteiger partial charge in [0.05, 0.1) is 14.2 Å². The molecule has 0 saturated heterocycles. The van der Waals surface area contributed by atoms with E-state index in [0.29, 0.717) is 5.56 Å². The Bertz CT molecular complexity index is 457. The molecule has 5 heteroatoms. The summed E-state index contributed by atoms with van der Waals surface area (Å²) in [6.45, 7) is 0. The van der Waals surface area contributed by atoms with Crippen molar-refractivity contribution in [1.82, 2.24) is 0 Å². The molecule has 0 atom stereocenters. The van der Waals surface area contributed by atoms with Crippen LogP contribution in [0.25, 0.3) is 0 Å². The minimum atomic E-state index is -1.04. The number of nitrogens with two attached hydrogens (primary N) is 1. The van der Waals surface area contributed by atoms with Crippen LogP contribution < -0.4 is 15.2 Å². The minimum Gasteiger partial charge on any atom is -0.492 e. The summed E-state index contributed by atoms with van der Waals surface area (Å²) >= 11 is 0. The van der Waals surface area contributed by atoms with Crippen molar-refractivity contribution in [2.45, 2.75) is 31.2 Å². The van der Waals surface area contributed by atoms with Crippen molar-refractivity contribution in [3.63, 3.8) is 0 Å². The van der Waals surface area contributed by atoms with Crippen LogP contribution >= 0.6 is 0 Å². The number of hydrogen-bond acceptors (Lipinski definition) is 3. The Morgan fingerprint density at radius 1 is 1.11 bits per heavy atom. The highest BCUT2D eigenvalue weighted by Gasteiger charge is 2.36. The van der Waals surface area contributed by atoms with Gasteiger partial charge in [0.2, 0.25) is 5.82 Å². The lowest BCUT2D eigenvalue weighted by atomic mass is 9.88. The predicted octanol–water partition coefficient (Wildman–Crippen LogP) is 2.71. The van der Waals surface area contributed by atoms with Crippen LogP contribution in [0.5, 0.6) is 11.5 Å². The van der Waals surface area contributed by atoms with Crippen molar-refractivity contribution in [1.29, 1.82) is 0 Å². The van der Waals surface area contributed by atoms with Crippen molar-refractivity contribution in [3.05, 3.63) is 23.3 Å². The minimum absolute atomic E-state index is 0.195. The van der Waals surface area contributed by atoms with Crippen LogP contribution in [0, 0.1) is 11.6 Å². The molecule has 0 amide bonds. The smallest absolute Gasteiger partial charge is 0.204 e. The van der Waals surface area contributed by atoms with Gasteiger partial charge in [-0.05, 0) is 18.9 Å². The van der Waals surface area contributed by atoms with Gasteiger partial charge >= 0.3 is 0 Å². The normalized spacial score (nSPS) is 17.8. The van der Waals surface area contributed by atoms with Crippen LogP contribution in [0.3, 0.4) is 0 Å². The van der Waals surface area contributed by atoms with Gasteiger partial charge in [0.15, 0.2) is 17.3 Å². The molecule has 2 N–H and O–H groups in total. The van der Waals surface area contributed by atoms with Crippen LogP contribution in [0.1, 0.15) is 31.2 Å².